The topological polar surface area (TPSA) is 115 Å². The second-order valence-corrected chi connectivity index (χ2v) is 6.22. The largest absolute Gasteiger partial charge is 0.392 e. The highest BCUT2D eigenvalue weighted by Crippen LogP contribution is 2.15. The maximum atomic E-state index is 12.0. The summed E-state index contributed by atoms with van der Waals surface area (Å²) in [4.78, 5) is 10.8. The quantitative estimate of drug-likeness (QED) is 0.665. The fourth-order valence-electron chi connectivity index (χ4n) is 1.51. The molecule has 1 amide bonds. The number of hydrogen-bond donors (Lipinski definition) is 3. The first-order valence-electron chi connectivity index (χ1n) is 5.48. The zero-order chi connectivity index (χ0) is 14.6. The average molecular weight is 301 g/mol. The third-order valence-electron chi connectivity index (χ3n) is 2.49. The van der Waals surface area contributed by atoms with E-state index in [-0.39, 0.29) is 11.4 Å². The number of hydrogen-bond acceptors (Lipinski definition) is 4. The molecular formula is C11H15N3O3S2. The van der Waals surface area contributed by atoms with Crippen molar-refractivity contribution in [3.05, 3.63) is 29.8 Å². The van der Waals surface area contributed by atoms with Crippen LogP contribution in [0, 0.1) is 0 Å². The molecule has 0 aliphatic heterocycles. The van der Waals surface area contributed by atoms with E-state index in [0.29, 0.717) is 11.3 Å². The SMILES string of the molecule is CCC(C(N)=S)S(=O)(=O)Nc1ccc(C(N)=O)cc1. The Balaban J connectivity index is 2.95. The van der Waals surface area contributed by atoms with E-state index in [4.69, 9.17) is 23.7 Å². The van der Waals surface area contributed by atoms with E-state index >= 15 is 0 Å². The van der Waals surface area contributed by atoms with Crippen molar-refractivity contribution < 1.29 is 13.2 Å². The second-order valence-electron chi connectivity index (χ2n) is 3.89. The zero-order valence-electron chi connectivity index (χ0n) is 10.3. The van der Waals surface area contributed by atoms with Gasteiger partial charge in [-0.25, -0.2) is 8.42 Å². The highest BCUT2D eigenvalue weighted by molar-refractivity contribution is 7.95. The van der Waals surface area contributed by atoms with Crippen LogP contribution in [0.4, 0.5) is 5.69 Å². The van der Waals surface area contributed by atoms with Crippen LogP contribution < -0.4 is 16.2 Å². The van der Waals surface area contributed by atoms with Crippen LogP contribution in [0.15, 0.2) is 24.3 Å². The van der Waals surface area contributed by atoms with Crippen LogP contribution in [-0.2, 0) is 10.0 Å². The van der Waals surface area contributed by atoms with Crippen LogP contribution in [0.2, 0.25) is 0 Å². The lowest BCUT2D eigenvalue weighted by atomic mass is 10.2. The van der Waals surface area contributed by atoms with E-state index in [1.165, 1.54) is 24.3 Å². The van der Waals surface area contributed by atoms with Crippen molar-refractivity contribution in [1.82, 2.24) is 0 Å². The number of benzene rings is 1. The van der Waals surface area contributed by atoms with Gasteiger partial charge in [-0.3, -0.25) is 9.52 Å². The Morgan fingerprint density at radius 1 is 1.32 bits per heavy atom. The van der Waals surface area contributed by atoms with Crippen LogP contribution in [0.25, 0.3) is 0 Å². The number of nitrogens with one attached hydrogen (secondary N) is 1. The molecule has 0 heterocycles. The molecule has 0 radical (unpaired) electrons. The summed E-state index contributed by atoms with van der Waals surface area (Å²) in [5, 5.41) is -0.932. The van der Waals surface area contributed by atoms with Gasteiger partial charge in [0.05, 0.1) is 4.99 Å². The molecule has 8 heteroatoms. The molecule has 0 aliphatic rings. The maximum Gasteiger partial charge on any atom is 0.248 e. The van der Waals surface area contributed by atoms with Gasteiger partial charge in [-0.05, 0) is 30.7 Å². The molecule has 1 aromatic rings. The summed E-state index contributed by atoms with van der Waals surface area (Å²) in [5.74, 6) is -0.580. The Hall–Kier alpha value is -1.67. The highest BCUT2D eigenvalue weighted by Gasteiger charge is 2.26. The molecule has 0 saturated carbocycles. The predicted octanol–water partition coefficient (Wildman–Crippen LogP) is 0.592. The summed E-state index contributed by atoms with van der Waals surface area (Å²) in [6, 6.07) is 5.76. The smallest absolute Gasteiger partial charge is 0.248 e. The van der Waals surface area contributed by atoms with E-state index < -0.39 is 21.2 Å². The lowest BCUT2D eigenvalue weighted by molar-refractivity contribution is 0.100. The maximum absolute atomic E-state index is 12.0. The molecule has 104 valence electrons. The second kappa shape index (κ2) is 5.98. The molecule has 0 fully saturated rings. The van der Waals surface area contributed by atoms with Gasteiger partial charge >= 0.3 is 0 Å². The number of thiocarbonyl (C=S) groups is 1. The van der Waals surface area contributed by atoms with E-state index in [0.717, 1.165) is 0 Å². The molecule has 5 N–H and O–H groups in total. The Labute approximate surface area is 117 Å². The molecule has 1 atom stereocenters. The number of carbonyl (C=O) groups is 1. The fraction of sp³-hybridized carbons (Fsp3) is 0.273. The summed E-state index contributed by atoms with van der Waals surface area (Å²) < 4.78 is 26.4. The first-order valence-corrected chi connectivity index (χ1v) is 7.44. The predicted molar refractivity (Wildman–Crippen MR) is 78.4 cm³/mol. The Morgan fingerprint density at radius 2 is 1.84 bits per heavy atom. The summed E-state index contributed by atoms with van der Waals surface area (Å²) in [7, 11) is -3.69. The normalized spacial score (nSPS) is 12.7. The van der Waals surface area contributed by atoms with Crippen molar-refractivity contribution in [2.24, 2.45) is 11.5 Å². The van der Waals surface area contributed by atoms with Gasteiger partial charge in [0.15, 0.2) is 0 Å². The van der Waals surface area contributed by atoms with Gasteiger partial charge < -0.3 is 11.5 Å². The van der Waals surface area contributed by atoms with Crippen LogP contribution in [-0.4, -0.2) is 24.6 Å². The fourth-order valence-corrected chi connectivity index (χ4v) is 3.41. The van der Waals surface area contributed by atoms with Gasteiger partial charge in [-0.15, -0.1) is 0 Å². The number of rotatable bonds is 6. The van der Waals surface area contributed by atoms with Crippen LogP contribution in [0.5, 0.6) is 0 Å². The molecule has 0 spiro atoms. The lowest BCUT2D eigenvalue weighted by Gasteiger charge is -2.16. The minimum Gasteiger partial charge on any atom is -0.392 e. The van der Waals surface area contributed by atoms with Crippen molar-refractivity contribution in [2.75, 3.05) is 4.72 Å². The van der Waals surface area contributed by atoms with E-state index in [2.05, 4.69) is 4.72 Å². The summed E-state index contributed by atoms with van der Waals surface area (Å²) in [5.41, 5.74) is 11.1. The summed E-state index contributed by atoms with van der Waals surface area (Å²) in [6.45, 7) is 1.68. The van der Waals surface area contributed by atoms with Gasteiger partial charge in [0, 0.05) is 11.3 Å². The number of amides is 1. The van der Waals surface area contributed by atoms with Gasteiger partial charge in [0.2, 0.25) is 15.9 Å². The summed E-state index contributed by atoms with van der Waals surface area (Å²) >= 11 is 4.73. The molecule has 1 unspecified atom stereocenters. The first kappa shape index (κ1) is 15.4. The Morgan fingerprint density at radius 3 is 2.21 bits per heavy atom. The van der Waals surface area contributed by atoms with Crippen molar-refractivity contribution in [3.8, 4) is 0 Å². The highest BCUT2D eigenvalue weighted by atomic mass is 32.2. The van der Waals surface area contributed by atoms with E-state index in [1.54, 1.807) is 6.92 Å². The van der Waals surface area contributed by atoms with Crippen molar-refractivity contribution in [2.45, 2.75) is 18.6 Å². The minimum atomic E-state index is -3.69. The molecule has 0 bridgehead atoms. The van der Waals surface area contributed by atoms with Crippen molar-refractivity contribution >= 4 is 38.8 Å². The molecule has 1 rings (SSSR count). The molecule has 0 aliphatic carbocycles. The number of nitrogens with two attached hydrogens (primary N) is 2. The molecule has 19 heavy (non-hydrogen) atoms. The van der Waals surface area contributed by atoms with Crippen molar-refractivity contribution in [1.29, 1.82) is 0 Å². The number of primary amides is 1. The minimum absolute atomic E-state index is 0.0799. The van der Waals surface area contributed by atoms with Crippen LogP contribution in [0.1, 0.15) is 23.7 Å². The van der Waals surface area contributed by atoms with E-state index in [1.807, 2.05) is 0 Å². The molecule has 1 aromatic carbocycles. The zero-order valence-corrected chi connectivity index (χ0v) is 11.9. The average Bonchev–Trinajstić information content (AvgIpc) is 2.28. The number of sulfonamides is 1. The third kappa shape index (κ3) is 3.90. The molecule has 0 saturated heterocycles. The number of carbonyl (C=O) groups excluding carboxylic acids is 1. The first-order chi connectivity index (χ1) is 8.77. The third-order valence-corrected chi connectivity index (χ3v) is 4.78. The van der Waals surface area contributed by atoms with Gasteiger partial charge in [-0.2, -0.15) is 0 Å². The summed E-state index contributed by atoms with van der Waals surface area (Å²) in [6.07, 6.45) is 0.282. The monoisotopic (exact) mass is 301 g/mol. The van der Waals surface area contributed by atoms with Crippen molar-refractivity contribution in [3.63, 3.8) is 0 Å². The standard InChI is InChI=1S/C11H15N3O3S2/c1-2-9(11(13)18)19(16,17)14-8-5-3-7(4-6-8)10(12)15/h3-6,9,14H,2H2,1H3,(H2,12,15)(H2,13,18). The van der Waals surface area contributed by atoms with Crippen LogP contribution in [0.3, 0.4) is 0 Å². The van der Waals surface area contributed by atoms with E-state index in [9.17, 15) is 13.2 Å². The van der Waals surface area contributed by atoms with Gasteiger partial charge in [-0.1, -0.05) is 19.1 Å². The molecule has 0 aromatic heterocycles. The number of anilines is 1. The lowest BCUT2D eigenvalue weighted by Crippen LogP contribution is -2.37. The van der Waals surface area contributed by atoms with Gasteiger partial charge in [0.1, 0.15) is 5.25 Å². The molecular weight excluding hydrogens is 286 g/mol. The Kier molecular flexibility index (Phi) is 4.84. The Bertz CT molecular complexity index is 582. The van der Waals surface area contributed by atoms with Crippen LogP contribution >= 0.6 is 12.2 Å². The van der Waals surface area contributed by atoms with Gasteiger partial charge in [0.25, 0.3) is 0 Å². The molecule has 6 nitrogen and oxygen atoms in total.